The molecule has 0 bridgehead atoms. The Morgan fingerprint density at radius 2 is 2.00 bits per heavy atom. The average molecular weight is 264 g/mol. The highest BCUT2D eigenvalue weighted by atomic mass is 32.2. The maximum atomic E-state index is 12.0. The topological polar surface area (TPSA) is 70.0 Å². The lowest BCUT2D eigenvalue weighted by Crippen LogP contribution is -2.25. The first kappa shape index (κ1) is 13.1. The Labute approximate surface area is 108 Å². The van der Waals surface area contributed by atoms with Crippen LogP contribution in [0.2, 0.25) is 0 Å². The Kier molecular flexibility index (Phi) is 3.69. The lowest BCUT2D eigenvalue weighted by molar-refractivity contribution is 0.588. The third kappa shape index (κ3) is 3.09. The van der Waals surface area contributed by atoms with Gasteiger partial charge in [-0.2, -0.15) is 5.26 Å². The third-order valence-electron chi connectivity index (χ3n) is 3.23. The van der Waals surface area contributed by atoms with Crippen LogP contribution in [0.5, 0.6) is 0 Å². The number of hydrogen-bond acceptors (Lipinski definition) is 4. The lowest BCUT2D eigenvalue weighted by atomic mass is 10.2. The summed E-state index contributed by atoms with van der Waals surface area (Å²) in [6.45, 7) is 2.63. The maximum absolute atomic E-state index is 12.0. The molecule has 1 aromatic rings. The van der Waals surface area contributed by atoms with E-state index >= 15 is 0 Å². The number of sulfone groups is 1. The summed E-state index contributed by atoms with van der Waals surface area (Å²) in [7, 11) is -3.24. The first-order chi connectivity index (χ1) is 8.53. The number of hydrogen-bond donors (Lipinski definition) is 1. The van der Waals surface area contributed by atoms with Crippen LogP contribution in [-0.2, 0) is 9.84 Å². The zero-order valence-electron chi connectivity index (χ0n) is 10.3. The first-order valence-corrected chi connectivity index (χ1v) is 7.64. The van der Waals surface area contributed by atoms with Gasteiger partial charge in [0.2, 0.25) is 0 Å². The van der Waals surface area contributed by atoms with E-state index in [1.165, 1.54) is 24.3 Å². The van der Waals surface area contributed by atoms with Crippen molar-refractivity contribution in [3.63, 3.8) is 0 Å². The number of nitrogens with zero attached hydrogens (tertiary/aromatic N) is 1. The second kappa shape index (κ2) is 5.09. The van der Waals surface area contributed by atoms with Gasteiger partial charge >= 0.3 is 0 Å². The number of nitrogens with one attached hydrogen (secondary N) is 1. The van der Waals surface area contributed by atoms with Crippen LogP contribution in [-0.4, -0.2) is 26.8 Å². The fourth-order valence-electron chi connectivity index (χ4n) is 1.84. The summed E-state index contributed by atoms with van der Waals surface area (Å²) in [5.74, 6) is 0.768. The van der Waals surface area contributed by atoms with Gasteiger partial charge in [0.05, 0.1) is 22.3 Å². The Bertz CT molecular complexity index is 558. The molecule has 96 valence electrons. The van der Waals surface area contributed by atoms with Gasteiger partial charge in [0.15, 0.2) is 9.84 Å². The Hall–Kier alpha value is -1.38. The molecule has 0 aliphatic heterocycles. The molecule has 1 aromatic carbocycles. The highest BCUT2D eigenvalue weighted by Crippen LogP contribution is 2.28. The molecule has 0 saturated heterocycles. The van der Waals surface area contributed by atoms with Crippen molar-refractivity contribution in [1.82, 2.24) is 5.32 Å². The largest absolute Gasteiger partial charge is 0.313 e. The van der Waals surface area contributed by atoms with Crippen LogP contribution in [0.25, 0.3) is 0 Å². The minimum Gasteiger partial charge on any atom is -0.313 e. The number of rotatable bonds is 5. The van der Waals surface area contributed by atoms with Crippen LogP contribution in [0.15, 0.2) is 29.2 Å². The Morgan fingerprint density at radius 1 is 1.39 bits per heavy atom. The molecular weight excluding hydrogens is 248 g/mol. The summed E-state index contributed by atoms with van der Waals surface area (Å²) >= 11 is 0. The van der Waals surface area contributed by atoms with Crippen molar-refractivity contribution in [1.29, 1.82) is 5.26 Å². The van der Waals surface area contributed by atoms with Crippen molar-refractivity contribution < 1.29 is 8.42 Å². The van der Waals surface area contributed by atoms with Gasteiger partial charge in [-0.3, -0.25) is 0 Å². The van der Waals surface area contributed by atoms with Crippen LogP contribution in [0, 0.1) is 17.2 Å². The second-order valence-corrected chi connectivity index (χ2v) is 6.84. The molecule has 5 heteroatoms. The van der Waals surface area contributed by atoms with Gasteiger partial charge in [-0.05, 0) is 36.6 Å². The van der Waals surface area contributed by atoms with E-state index in [0.717, 1.165) is 6.42 Å². The average Bonchev–Trinajstić information content (AvgIpc) is 3.05. The Morgan fingerprint density at radius 3 is 2.50 bits per heavy atom. The van der Waals surface area contributed by atoms with E-state index in [9.17, 15) is 8.42 Å². The van der Waals surface area contributed by atoms with Crippen molar-refractivity contribution in [3.8, 4) is 6.07 Å². The summed E-state index contributed by atoms with van der Waals surface area (Å²) in [4.78, 5) is 0.284. The SMILES string of the molecule is CC1CC1NCCS(=O)(=O)c1ccc(C#N)cc1. The van der Waals surface area contributed by atoms with Gasteiger partial charge in [0, 0.05) is 12.6 Å². The molecule has 0 spiro atoms. The molecule has 2 unspecified atom stereocenters. The van der Waals surface area contributed by atoms with Gasteiger partial charge in [-0.15, -0.1) is 0 Å². The van der Waals surface area contributed by atoms with E-state index in [-0.39, 0.29) is 10.6 Å². The van der Waals surface area contributed by atoms with Gasteiger partial charge in [-0.25, -0.2) is 8.42 Å². The summed E-state index contributed by atoms with van der Waals surface area (Å²) in [5, 5.41) is 11.9. The van der Waals surface area contributed by atoms with E-state index in [2.05, 4.69) is 12.2 Å². The van der Waals surface area contributed by atoms with E-state index in [4.69, 9.17) is 5.26 Å². The monoisotopic (exact) mass is 264 g/mol. The van der Waals surface area contributed by atoms with E-state index < -0.39 is 9.84 Å². The Balaban J connectivity index is 1.94. The van der Waals surface area contributed by atoms with E-state index in [0.29, 0.717) is 24.1 Å². The highest BCUT2D eigenvalue weighted by Gasteiger charge is 2.31. The van der Waals surface area contributed by atoms with Crippen molar-refractivity contribution in [2.45, 2.75) is 24.3 Å². The number of benzene rings is 1. The molecule has 0 aromatic heterocycles. The molecule has 1 saturated carbocycles. The maximum Gasteiger partial charge on any atom is 0.179 e. The molecule has 0 amide bonds. The van der Waals surface area contributed by atoms with Crippen LogP contribution in [0.3, 0.4) is 0 Å². The van der Waals surface area contributed by atoms with Crippen molar-refractivity contribution in [3.05, 3.63) is 29.8 Å². The molecular formula is C13H16N2O2S. The fraction of sp³-hybridized carbons (Fsp3) is 0.462. The van der Waals surface area contributed by atoms with Crippen LogP contribution in [0.1, 0.15) is 18.9 Å². The molecule has 0 radical (unpaired) electrons. The highest BCUT2D eigenvalue weighted by molar-refractivity contribution is 7.91. The first-order valence-electron chi connectivity index (χ1n) is 5.99. The fourth-order valence-corrected chi connectivity index (χ4v) is 3.01. The predicted molar refractivity (Wildman–Crippen MR) is 68.8 cm³/mol. The molecule has 2 atom stereocenters. The summed E-state index contributed by atoms with van der Waals surface area (Å²) in [6.07, 6.45) is 1.14. The predicted octanol–water partition coefficient (Wildman–Crippen LogP) is 1.33. The van der Waals surface area contributed by atoms with Gasteiger partial charge in [-0.1, -0.05) is 6.92 Å². The van der Waals surface area contributed by atoms with Crippen molar-refractivity contribution in [2.75, 3.05) is 12.3 Å². The van der Waals surface area contributed by atoms with Gasteiger partial charge < -0.3 is 5.32 Å². The van der Waals surface area contributed by atoms with Gasteiger partial charge in [0.1, 0.15) is 0 Å². The van der Waals surface area contributed by atoms with E-state index in [1.54, 1.807) is 0 Å². The summed E-state index contributed by atoms with van der Waals surface area (Å²) in [6, 6.07) is 8.51. The van der Waals surface area contributed by atoms with Gasteiger partial charge in [0.25, 0.3) is 0 Å². The summed E-state index contributed by atoms with van der Waals surface area (Å²) < 4.78 is 24.0. The zero-order chi connectivity index (χ0) is 13.2. The lowest BCUT2D eigenvalue weighted by Gasteiger charge is -2.05. The van der Waals surface area contributed by atoms with Crippen LogP contribution < -0.4 is 5.32 Å². The molecule has 1 fully saturated rings. The minimum atomic E-state index is -3.24. The molecule has 1 aliphatic carbocycles. The summed E-state index contributed by atoms with van der Waals surface area (Å²) in [5.41, 5.74) is 0.471. The van der Waals surface area contributed by atoms with Crippen molar-refractivity contribution >= 4 is 9.84 Å². The molecule has 0 heterocycles. The molecule has 4 nitrogen and oxygen atoms in total. The standard InChI is InChI=1S/C13H16N2O2S/c1-10-8-13(10)15-6-7-18(16,17)12-4-2-11(9-14)3-5-12/h2-5,10,13,15H,6-8H2,1H3. The normalized spacial score (nSPS) is 22.4. The van der Waals surface area contributed by atoms with Crippen LogP contribution >= 0.6 is 0 Å². The second-order valence-electron chi connectivity index (χ2n) is 4.73. The zero-order valence-corrected chi connectivity index (χ0v) is 11.1. The van der Waals surface area contributed by atoms with E-state index in [1.807, 2.05) is 6.07 Å². The molecule has 2 rings (SSSR count). The molecule has 1 aliphatic rings. The molecule has 18 heavy (non-hydrogen) atoms. The number of nitriles is 1. The van der Waals surface area contributed by atoms with Crippen LogP contribution in [0.4, 0.5) is 0 Å². The smallest absolute Gasteiger partial charge is 0.179 e. The third-order valence-corrected chi connectivity index (χ3v) is 4.96. The minimum absolute atomic E-state index is 0.0993. The molecule has 1 N–H and O–H groups in total. The van der Waals surface area contributed by atoms with Crippen molar-refractivity contribution in [2.24, 2.45) is 5.92 Å². The quantitative estimate of drug-likeness (QED) is 0.871.